The summed E-state index contributed by atoms with van der Waals surface area (Å²) in [6, 6.07) is 26.1. The SMILES string of the molecule is CC(C)(C)C1CC(=O)N(C(C)(C)C)C1=O.CC(C)(C)Cc1ccc(COC(=O)C(C)(C)C)cc1.CC(C)(C)Cc1ccc(NC(C)(C)C)cc1.CC(C)(C)Cc1ccc(SC(C)(C)C)cc1.CC(C)(C)SCCOC(=O)C(C)(C)C. The molecule has 3 aromatic carbocycles. The normalized spacial score (nSPS) is 14.7. The van der Waals surface area contributed by atoms with Crippen molar-refractivity contribution in [3.63, 3.8) is 0 Å². The van der Waals surface area contributed by atoms with E-state index in [1.54, 1.807) is 0 Å². The van der Waals surface area contributed by atoms with E-state index >= 15 is 0 Å². The first kappa shape index (κ1) is 76.2. The lowest BCUT2D eigenvalue weighted by molar-refractivity contribution is -0.154. The number of hydrogen-bond donors (Lipinski definition) is 1. The molecule has 1 saturated heterocycles. The van der Waals surface area contributed by atoms with E-state index in [0.29, 0.717) is 40.6 Å². The number of likely N-dealkylation sites (tertiary alicyclic amines) is 1. The number of rotatable bonds is 10. The van der Waals surface area contributed by atoms with Crippen LogP contribution in [0.15, 0.2) is 77.7 Å². The molecule has 1 atom stereocenters. The van der Waals surface area contributed by atoms with Gasteiger partial charge in [0, 0.05) is 43.3 Å². The highest BCUT2D eigenvalue weighted by Crippen LogP contribution is 2.38. The summed E-state index contributed by atoms with van der Waals surface area (Å²) in [6.45, 7) is 63.9. The molecular formula is C70H118N2O6S2. The number of esters is 2. The Morgan fingerprint density at radius 2 is 0.863 bits per heavy atom. The first-order valence-electron chi connectivity index (χ1n) is 29.2. The van der Waals surface area contributed by atoms with Crippen molar-refractivity contribution < 1.29 is 28.7 Å². The van der Waals surface area contributed by atoms with E-state index in [0.717, 1.165) is 30.6 Å². The van der Waals surface area contributed by atoms with Crippen LogP contribution in [0, 0.1) is 38.4 Å². The molecule has 80 heavy (non-hydrogen) atoms. The molecule has 0 aliphatic carbocycles. The van der Waals surface area contributed by atoms with Crippen molar-refractivity contribution in [1.82, 2.24) is 4.90 Å². The Labute approximate surface area is 500 Å². The van der Waals surface area contributed by atoms with E-state index in [1.807, 2.05) is 119 Å². The molecule has 8 nitrogen and oxygen atoms in total. The second kappa shape index (κ2) is 30.7. The number of carbonyl (C=O) groups excluding carboxylic acids is 4. The lowest BCUT2D eigenvalue weighted by Crippen LogP contribution is -2.46. The number of amides is 2. The number of benzene rings is 3. The summed E-state index contributed by atoms with van der Waals surface area (Å²) in [5, 5.41) is 3.47. The van der Waals surface area contributed by atoms with Gasteiger partial charge in [0.15, 0.2) is 0 Å². The Bertz CT molecular complexity index is 2180. The van der Waals surface area contributed by atoms with Crippen LogP contribution in [0.4, 0.5) is 5.69 Å². The van der Waals surface area contributed by atoms with Crippen LogP contribution in [0.2, 0.25) is 0 Å². The molecule has 0 bridgehead atoms. The summed E-state index contributed by atoms with van der Waals surface area (Å²) in [4.78, 5) is 49.7. The van der Waals surface area contributed by atoms with Gasteiger partial charge in [0.05, 0.1) is 16.7 Å². The predicted molar refractivity (Wildman–Crippen MR) is 349 cm³/mol. The Morgan fingerprint density at radius 3 is 1.16 bits per heavy atom. The van der Waals surface area contributed by atoms with Crippen molar-refractivity contribution >= 4 is 53.0 Å². The first-order chi connectivity index (χ1) is 35.6. The smallest absolute Gasteiger partial charge is 0.311 e. The van der Waals surface area contributed by atoms with Gasteiger partial charge in [-0.05, 0) is 171 Å². The summed E-state index contributed by atoms with van der Waals surface area (Å²) >= 11 is 3.74. The van der Waals surface area contributed by atoms with Gasteiger partial charge >= 0.3 is 11.9 Å². The van der Waals surface area contributed by atoms with Gasteiger partial charge in [-0.25, -0.2) is 0 Å². The van der Waals surface area contributed by atoms with Crippen molar-refractivity contribution in [3.8, 4) is 0 Å². The molecule has 456 valence electrons. The Morgan fingerprint density at radius 1 is 0.500 bits per heavy atom. The molecule has 0 radical (unpaired) electrons. The second-order valence-corrected chi connectivity index (χ2v) is 36.3. The zero-order chi connectivity index (χ0) is 62.9. The Kier molecular flexibility index (Phi) is 29.2. The molecule has 10 heteroatoms. The molecule has 1 N–H and O–H groups in total. The van der Waals surface area contributed by atoms with Gasteiger partial charge in [-0.1, -0.05) is 173 Å². The average molecular weight is 1150 g/mol. The molecule has 1 fully saturated rings. The molecule has 0 saturated carbocycles. The van der Waals surface area contributed by atoms with Gasteiger partial charge in [-0.3, -0.25) is 24.1 Å². The fourth-order valence-corrected chi connectivity index (χ4v) is 9.59. The molecule has 0 aromatic heterocycles. The summed E-state index contributed by atoms with van der Waals surface area (Å²) in [5.74, 6) is 0.376. The quantitative estimate of drug-likeness (QED) is 0.0920. The lowest BCUT2D eigenvalue weighted by atomic mass is 9.80. The van der Waals surface area contributed by atoms with Gasteiger partial charge in [-0.15, -0.1) is 11.8 Å². The zero-order valence-electron chi connectivity index (χ0n) is 56.7. The number of nitrogens with one attached hydrogen (secondary N) is 1. The van der Waals surface area contributed by atoms with Crippen LogP contribution in [0.25, 0.3) is 0 Å². The summed E-state index contributed by atoms with van der Waals surface area (Å²) in [6.07, 6.45) is 3.69. The predicted octanol–water partition coefficient (Wildman–Crippen LogP) is 19.3. The van der Waals surface area contributed by atoms with Gasteiger partial charge in [-0.2, -0.15) is 11.8 Å². The van der Waals surface area contributed by atoms with E-state index in [2.05, 4.69) is 191 Å². The monoisotopic (exact) mass is 1150 g/mol. The van der Waals surface area contributed by atoms with Crippen LogP contribution < -0.4 is 5.32 Å². The molecule has 3 aromatic rings. The van der Waals surface area contributed by atoms with Crippen LogP contribution in [-0.2, 0) is 54.5 Å². The first-order valence-corrected chi connectivity index (χ1v) is 31.0. The minimum atomic E-state index is -0.438. The average Bonchev–Trinajstić information content (AvgIpc) is 3.55. The highest BCUT2D eigenvalue weighted by Gasteiger charge is 2.48. The third-order valence-electron chi connectivity index (χ3n) is 11.4. The fourth-order valence-electron chi connectivity index (χ4n) is 7.84. The molecular weight excluding hydrogens is 1030 g/mol. The third-order valence-corrected chi connectivity index (χ3v) is 13.7. The van der Waals surface area contributed by atoms with Gasteiger partial charge < -0.3 is 14.8 Å². The minimum absolute atomic E-state index is 0.0139. The number of hydrogen-bond acceptors (Lipinski definition) is 9. The zero-order valence-corrected chi connectivity index (χ0v) is 58.3. The number of nitrogens with zero attached hydrogens (tertiary/aromatic N) is 1. The van der Waals surface area contributed by atoms with Gasteiger partial charge in [0.1, 0.15) is 13.2 Å². The number of carbonyl (C=O) groups is 4. The van der Waals surface area contributed by atoms with E-state index in [4.69, 9.17) is 9.47 Å². The second-order valence-electron chi connectivity index (χ2n) is 32.5. The van der Waals surface area contributed by atoms with Crippen molar-refractivity contribution in [1.29, 1.82) is 0 Å². The highest BCUT2D eigenvalue weighted by atomic mass is 32.2. The molecule has 1 unspecified atom stereocenters. The van der Waals surface area contributed by atoms with Crippen molar-refractivity contribution in [3.05, 3.63) is 95.1 Å². The standard InChI is InChI=1S/C17H26O2.C15H25N.C15H24S.C12H21NO2.C11H22O2S/c1-16(2,3)11-13-7-9-14(10-8-13)12-19-15(18)17(4,5)6;2*1-14(2,3)11-12-7-9-13(10-8-12)16-15(4,5)6;1-11(2,3)8-7-9(14)13(10(8)15)12(4,5)6;1-10(2,3)9(12)13-7-8-14-11(4,5)6/h7-10H,11-12H2,1-6H3;7-10,16H,11H2,1-6H3;7-10H,11H2,1-6H3;8H,7H2,1-6H3;7-8H2,1-6H3. The van der Waals surface area contributed by atoms with Crippen molar-refractivity contribution in [2.24, 2.45) is 38.4 Å². The van der Waals surface area contributed by atoms with Crippen LogP contribution in [0.5, 0.6) is 0 Å². The summed E-state index contributed by atoms with van der Waals surface area (Å²) in [5.41, 5.74) is 6.21. The van der Waals surface area contributed by atoms with Crippen LogP contribution in [0.3, 0.4) is 0 Å². The maximum absolute atomic E-state index is 12.1. The fraction of sp³-hybridized carbons (Fsp3) is 0.686. The van der Waals surface area contributed by atoms with Crippen molar-refractivity contribution in [2.45, 2.75) is 265 Å². The van der Waals surface area contributed by atoms with Crippen LogP contribution in [0.1, 0.15) is 236 Å². The molecule has 4 rings (SSSR count). The maximum Gasteiger partial charge on any atom is 0.311 e. The highest BCUT2D eigenvalue weighted by molar-refractivity contribution is 8.00. The number of ether oxygens (including phenoxy) is 2. The molecule has 0 spiro atoms. The van der Waals surface area contributed by atoms with Gasteiger partial charge in [0.25, 0.3) is 0 Å². The number of thioether (sulfide) groups is 2. The van der Waals surface area contributed by atoms with Crippen LogP contribution >= 0.6 is 23.5 Å². The van der Waals surface area contributed by atoms with Crippen molar-refractivity contribution in [2.75, 3.05) is 17.7 Å². The largest absolute Gasteiger partial charge is 0.464 e. The minimum Gasteiger partial charge on any atom is -0.464 e. The van der Waals surface area contributed by atoms with E-state index < -0.39 is 11.0 Å². The van der Waals surface area contributed by atoms with E-state index in [9.17, 15) is 19.2 Å². The topological polar surface area (TPSA) is 102 Å². The molecule has 2 amide bonds. The van der Waals surface area contributed by atoms with E-state index in [-0.39, 0.29) is 50.8 Å². The molecule has 1 heterocycles. The molecule has 1 aliphatic heterocycles. The Balaban J connectivity index is 0.000000979. The Hall–Kier alpha value is -3.76. The number of imide groups is 1. The summed E-state index contributed by atoms with van der Waals surface area (Å²) in [7, 11) is 0. The number of anilines is 1. The summed E-state index contributed by atoms with van der Waals surface area (Å²) < 4.78 is 11.0. The van der Waals surface area contributed by atoms with Gasteiger partial charge in [0.2, 0.25) is 11.8 Å². The van der Waals surface area contributed by atoms with E-state index in [1.165, 1.54) is 32.2 Å². The van der Waals surface area contributed by atoms with Crippen LogP contribution in [-0.4, -0.2) is 61.6 Å². The third kappa shape index (κ3) is 36.6. The molecule has 1 aliphatic rings. The lowest BCUT2D eigenvalue weighted by Gasteiger charge is -2.32. The maximum atomic E-state index is 12.1.